The van der Waals surface area contributed by atoms with Gasteiger partial charge < -0.3 is 24.1 Å². The molecule has 0 unspecified atom stereocenters. The van der Waals surface area contributed by atoms with Crippen LogP contribution in [0.25, 0.3) is 22.9 Å². The Morgan fingerprint density at radius 3 is 2.04 bits per heavy atom. The van der Waals surface area contributed by atoms with E-state index >= 15 is 0 Å². The van der Waals surface area contributed by atoms with Crippen LogP contribution in [0.3, 0.4) is 0 Å². The van der Waals surface area contributed by atoms with Crippen molar-refractivity contribution in [3.05, 3.63) is 35.4 Å². The summed E-state index contributed by atoms with van der Waals surface area (Å²) in [6, 6.07) is 6.38. The van der Waals surface area contributed by atoms with Gasteiger partial charge in [-0.1, -0.05) is 0 Å². The topological polar surface area (TPSA) is 97.8 Å². The molecule has 0 saturated carbocycles. The van der Waals surface area contributed by atoms with Crippen LogP contribution in [0, 0.1) is 13.8 Å². The lowest BCUT2D eigenvalue weighted by atomic mass is 10.1. The molecule has 3 rings (SSSR count). The van der Waals surface area contributed by atoms with Crippen LogP contribution in [0.2, 0.25) is 0 Å². The Labute approximate surface area is 144 Å². The molecule has 25 heavy (non-hydrogen) atoms. The third-order valence-electron chi connectivity index (χ3n) is 3.92. The molecule has 2 aromatic carbocycles. The van der Waals surface area contributed by atoms with Crippen molar-refractivity contribution in [1.29, 1.82) is 0 Å². The number of aromatic hydroxyl groups is 2. The van der Waals surface area contributed by atoms with Crippen LogP contribution in [0.15, 0.2) is 28.7 Å². The van der Waals surface area contributed by atoms with Crippen molar-refractivity contribution in [2.45, 2.75) is 13.8 Å². The van der Waals surface area contributed by atoms with Gasteiger partial charge in [0, 0.05) is 0 Å². The summed E-state index contributed by atoms with van der Waals surface area (Å²) in [5.74, 6) is 1.49. The van der Waals surface area contributed by atoms with E-state index in [2.05, 4.69) is 10.2 Å². The molecule has 0 aliphatic rings. The summed E-state index contributed by atoms with van der Waals surface area (Å²) >= 11 is 0. The van der Waals surface area contributed by atoms with Crippen molar-refractivity contribution in [2.75, 3.05) is 14.2 Å². The van der Waals surface area contributed by atoms with E-state index in [1.54, 1.807) is 32.2 Å². The molecule has 7 nitrogen and oxygen atoms in total. The number of hydrogen-bond donors (Lipinski definition) is 2. The summed E-state index contributed by atoms with van der Waals surface area (Å²) in [5.41, 5.74) is 2.27. The van der Waals surface area contributed by atoms with Crippen LogP contribution < -0.4 is 9.47 Å². The summed E-state index contributed by atoms with van der Waals surface area (Å²) in [6.45, 7) is 3.58. The highest BCUT2D eigenvalue weighted by Gasteiger charge is 2.19. The smallest absolute Gasteiger partial charge is 0.252 e. The molecule has 0 aliphatic heterocycles. The zero-order chi connectivity index (χ0) is 18.1. The minimum atomic E-state index is 0.00668. The molecule has 0 fully saturated rings. The molecule has 0 spiro atoms. The summed E-state index contributed by atoms with van der Waals surface area (Å²) in [4.78, 5) is 0. The largest absolute Gasteiger partial charge is 0.508 e. The van der Waals surface area contributed by atoms with Gasteiger partial charge in [0.1, 0.15) is 23.0 Å². The molecule has 1 aromatic heterocycles. The predicted molar refractivity (Wildman–Crippen MR) is 91.1 cm³/mol. The number of phenolic OH excluding ortho intramolecular Hbond substituents is 2. The van der Waals surface area contributed by atoms with Gasteiger partial charge in [-0.25, -0.2) is 0 Å². The van der Waals surface area contributed by atoms with Crippen molar-refractivity contribution in [2.24, 2.45) is 0 Å². The number of rotatable bonds is 4. The zero-order valence-electron chi connectivity index (χ0n) is 14.3. The van der Waals surface area contributed by atoms with Gasteiger partial charge in [0.25, 0.3) is 11.8 Å². The first kappa shape index (κ1) is 16.6. The minimum absolute atomic E-state index is 0.00668. The molecule has 3 aromatic rings. The van der Waals surface area contributed by atoms with Gasteiger partial charge in [-0.15, -0.1) is 10.2 Å². The van der Waals surface area contributed by atoms with Gasteiger partial charge >= 0.3 is 0 Å². The Kier molecular flexibility index (Phi) is 4.22. The van der Waals surface area contributed by atoms with Crippen molar-refractivity contribution >= 4 is 0 Å². The molecule has 0 bridgehead atoms. The molecular formula is C18H18N2O5. The number of ether oxygens (including phenoxy) is 2. The van der Waals surface area contributed by atoms with Crippen LogP contribution >= 0.6 is 0 Å². The second-order valence-corrected chi connectivity index (χ2v) is 5.59. The third kappa shape index (κ3) is 2.96. The first-order valence-electron chi connectivity index (χ1n) is 7.54. The highest BCUT2D eigenvalue weighted by atomic mass is 16.5. The normalized spacial score (nSPS) is 10.7. The summed E-state index contributed by atoms with van der Waals surface area (Å²) in [5, 5.41) is 28.1. The maximum atomic E-state index is 10.2. The average Bonchev–Trinajstić information content (AvgIpc) is 3.06. The lowest BCUT2D eigenvalue weighted by molar-refractivity contribution is 0.408. The molecule has 2 N–H and O–H groups in total. The highest BCUT2D eigenvalue weighted by Crippen LogP contribution is 2.38. The molecule has 0 amide bonds. The van der Waals surface area contributed by atoms with E-state index in [4.69, 9.17) is 13.9 Å². The number of benzene rings is 2. The highest BCUT2D eigenvalue weighted by molar-refractivity contribution is 5.70. The van der Waals surface area contributed by atoms with Gasteiger partial charge in [0.15, 0.2) is 0 Å². The third-order valence-corrected chi connectivity index (χ3v) is 3.92. The molecule has 0 atom stereocenters. The first-order valence-corrected chi connectivity index (χ1v) is 7.54. The molecule has 130 valence electrons. The average molecular weight is 342 g/mol. The number of nitrogens with zero attached hydrogens (tertiary/aromatic N) is 2. The van der Waals surface area contributed by atoms with Crippen molar-refractivity contribution < 1.29 is 24.1 Å². The lowest BCUT2D eigenvalue weighted by Gasteiger charge is -2.08. The lowest BCUT2D eigenvalue weighted by Crippen LogP contribution is -1.90. The van der Waals surface area contributed by atoms with Gasteiger partial charge in [-0.3, -0.25) is 0 Å². The monoisotopic (exact) mass is 342 g/mol. The number of hydrogen-bond acceptors (Lipinski definition) is 7. The Hall–Kier alpha value is -3.22. The maximum absolute atomic E-state index is 10.2. The van der Waals surface area contributed by atoms with E-state index in [1.165, 1.54) is 13.2 Å². The molecule has 0 radical (unpaired) electrons. The Morgan fingerprint density at radius 2 is 1.40 bits per heavy atom. The molecule has 1 heterocycles. The Morgan fingerprint density at radius 1 is 0.760 bits per heavy atom. The van der Waals surface area contributed by atoms with Crippen LogP contribution in [0.1, 0.15) is 11.1 Å². The second kappa shape index (κ2) is 6.35. The standard InChI is InChI=1S/C18H18N2O5/c1-9-6-16(24-4)12(7-13(9)21)18-20-19-17(25-18)11-8-15(23-3)10(2)5-14(11)22/h5-8,21-22H,1-4H3. The molecule has 0 saturated heterocycles. The molecular weight excluding hydrogens is 324 g/mol. The number of aryl methyl sites for hydroxylation is 2. The van der Waals surface area contributed by atoms with Gasteiger partial charge in [0.05, 0.1) is 25.3 Å². The fraction of sp³-hybridized carbons (Fsp3) is 0.222. The molecule has 0 aliphatic carbocycles. The van der Waals surface area contributed by atoms with E-state index in [0.717, 1.165) is 5.56 Å². The van der Waals surface area contributed by atoms with Crippen LogP contribution in [-0.4, -0.2) is 34.6 Å². The van der Waals surface area contributed by atoms with E-state index in [1.807, 2.05) is 6.92 Å². The van der Waals surface area contributed by atoms with Crippen LogP contribution in [0.4, 0.5) is 0 Å². The fourth-order valence-electron chi connectivity index (χ4n) is 2.51. The van der Waals surface area contributed by atoms with Crippen molar-refractivity contribution in [3.8, 4) is 45.9 Å². The van der Waals surface area contributed by atoms with Gasteiger partial charge in [-0.05, 0) is 49.2 Å². The molecule has 7 heteroatoms. The van der Waals surface area contributed by atoms with E-state index < -0.39 is 0 Å². The summed E-state index contributed by atoms with van der Waals surface area (Å²) in [6.07, 6.45) is 0. The quantitative estimate of drug-likeness (QED) is 0.749. The Bertz CT molecular complexity index is 933. The van der Waals surface area contributed by atoms with Gasteiger partial charge in [-0.2, -0.15) is 0 Å². The first-order chi connectivity index (χ1) is 11.9. The minimum Gasteiger partial charge on any atom is -0.508 e. The number of aromatic nitrogens is 2. The SMILES string of the molecule is COc1cc(-c2nnc(-c3cc(O)c(C)cc3OC)o2)c(O)cc1C. The second-order valence-electron chi connectivity index (χ2n) is 5.59. The summed E-state index contributed by atoms with van der Waals surface area (Å²) < 4.78 is 16.3. The fourth-order valence-corrected chi connectivity index (χ4v) is 2.51. The van der Waals surface area contributed by atoms with E-state index in [9.17, 15) is 10.2 Å². The zero-order valence-corrected chi connectivity index (χ0v) is 14.3. The van der Waals surface area contributed by atoms with Crippen molar-refractivity contribution in [3.63, 3.8) is 0 Å². The Balaban J connectivity index is 2.09. The van der Waals surface area contributed by atoms with Crippen LogP contribution in [0.5, 0.6) is 23.0 Å². The summed E-state index contributed by atoms with van der Waals surface area (Å²) in [7, 11) is 3.06. The maximum Gasteiger partial charge on any atom is 0.252 e. The number of methoxy groups -OCH3 is 2. The van der Waals surface area contributed by atoms with E-state index in [0.29, 0.717) is 28.2 Å². The number of phenols is 2. The van der Waals surface area contributed by atoms with E-state index in [-0.39, 0.29) is 23.3 Å². The van der Waals surface area contributed by atoms with Crippen LogP contribution in [-0.2, 0) is 0 Å². The predicted octanol–water partition coefficient (Wildman–Crippen LogP) is 3.45. The van der Waals surface area contributed by atoms with Crippen molar-refractivity contribution in [1.82, 2.24) is 10.2 Å². The van der Waals surface area contributed by atoms with Gasteiger partial charge in [0.2, 0.25) is 0 Å².